The summed E-state index contributed by atoms with van der Waals surface area (Å²) in [4.78, 5) is 14.3. The van der Waals surface area contributed by atoms with Gasteiger partial charge in [0, 0.05) is 15.4 Å². The largest absolute Gasteiger partial charge is 0.467 e. The van der Waals surface area contributed by atoms with Crippen molar-refractivity contribution in [3.05, 3.63) is 51.7 Å². The minimum Gasteiger partial charge on any atom is -0.467 e. The standard InChI is InChI=1S/C16H19NO2S/c1-4-13-8-9-14(20-13)15(16(18)19-3)17-12-7-5-6-11(2)10-12/h5-10,15,17H,4H2,1-3H3. The number of carbonyl (C=O) groups excluding carboxylic acids is 1. The summed E-state index contributed by atoms with van der Waals surface area (Å²) in [7, 11) is 1.42. The Morgan fingerprint density at radius 3 is 2.75 bits per heavy atom. The van der Waals surface area contributed by atoms with Crippen molar-refractivity contribution in [2.45, 2.75) is 26.3 Å². The van der Waals surface area contributed by atoms with Crippen LogP contribution in [0.4, 0.5) is 5.69 Å². The Balaban J connectivity index is 2.26. The van der Waals surface area contributed by atoms with Crippen molar-refractivity contribution in [1.29, 1.82) is 0 Å². The van der Waals surface area contributed by atoms with E-state index < -0.39 is 6.04 Å². The lowest BCUT2D eigenvalue weighted by Gasteiger charge is -2.16. The van der Waals surface area contributed by atoms with Gasteiger partial charge in [0.2, 0.25) is 0 Å². The normalized spacial score (nSPS) is 11.9. The van der Waals surface area contributed by atoms with Crippen LogP contribution >= 0.6 is 11.3 Å². The number of ether oxygens (including phenoxy) is 1. The van der Waals surface area contributed by atoms with Crippen LogP contribution in [0, 0.1) is 6.92 Å². The molecule has 1 unspecified atom stereocenters. The van der Waals surface area contributed by atoms with Gasteiger partial charge in [-0.15, -0.1) is 11.3 Å². The van der Waals surface area contributed by atoms with E-state index in [1.54, 1.807) is 11.3 Å². The number of anilines is 1. The number of thiophene rings is 1. The second-order valence-corrected chi connectivity index (χ2v) is 5.83. The molecular weight excluding hydrogens is 270 g/mol. The van der Waals surface area contributed by atoms with E-state index in [-0.39, 0.29) is 5.97 Å². The molecule has 1 aromatic carbocycles. The van der Waals surface area contributed by atoms with E-state index in [1.165, 1.54) is 12.0 Å². The summed E-state index contributed by atoms with van der Waals surface area (Å²) < 4.78 is 4.92. The monoisotopic (exact) mass is 289 g/mol. The zero-order valence-corrected chi connectivity index (χ0v) is 12.8. The van der Waals surface area contributed by atoms with Crippen molar-refractivity contribution in [3.8, 4) is 0 Å². The van der Waals surface area contributed by atoms with Gasteiger partial charge in [0.05, 0.1) is 7.11 Å². The third-order valence-corrected chi connectivity index (χ3v) is 4.38. The first-order valence-corrected chi connectivity index (χ1v) is 7.45. The van der Waals surface area contributed by atoms with Gasteiger partial charge < -0.3 is 10.1 Å². The Labute approximate surface area is 123 Å². The molecule has 0 bridgehead atoms. The Morgan fingerprint density at radius 1 is 1.35 bits per heavy atom. The molecule has 0 aliphatic rings. The van der Waals surface area contributed by atoms with Crippen LogP contribution in [0.1, 0.15) is 28.3 Å². The lowest BCUT2D eigenvalue weighted by atomic mass is 10.2. The quantitative estimate of drug-likeness (QED) is 0.847. The number of rotatable bonds is 5. The van der Waals surface area contributed by atoms with E-state index in [4.69, 9.17) is 4.74 Å². The van der Waals surface area contributed by atoms with Crippen LogP contribution in [0.2, 0.25) is 0 Å². The van der Waals surface area contributed by atoms with Gasteiger partial charge in [-0.3, -0.25) is 0 Å². The molecule has 0 fully saturated rings. The highest BCUT2D eigenvalue weighted by Gasteiger charge is 2.23. The Kier molecular flexibility index (Phi) is 4.79. The minimum atomic E-state index is -0.452. The molecule has 1 aromatic heterocycles. The van der Waals surface area contributed by atoms with Crippen molar-refractivity contribution in [2.24, 2.45) is 0 Å². The van der Waals surface area contributed by atoms with Crippen molar-refractivity contribution >= 4 is 23.0 Å². The number of carbonyl (C=O) groups is 1. The first-order chi connectivity index (χ1) is 9.63. The molecule has 0 saturated carbocycles. The van der Waals surface area contributed by atoms with E-state index in [2.05, 4.69) is 18.3 Å². The summed E-state index contributed by atoms with van der Waals surface area (Å²) in [6.07, 6.45) is 0.975. The van der Waals surface area contributed by atoms with Gasteiger partial charge in [-0.25, -0.2) is 4.79 Å². The van der Waals surface area contributed by atoms with E-state index >= 15 is 0 Å². The van der Waals surface area contributed by atoms with Crippen molar-refractivity contribution in [2.75, 3.05) is 12.4 Å². The van der Waals surface area contributed by atoms with Gasteiger partial charge >= 0.3 is 5.97 Å². The molecule has 20 heavy (non-hydrogen) atoms. The minimum absolute atomic E-state index is 0.268. The van der Waals surface area contributed by atoms with Crippen LogP contribution in [0.25, 0.3) is 0 Å². The smallest absolute Gasteiger partial charge is 0.333 e. The molecule has 2 aromatic rings. The SMILES string of the molecule is CCc1ccc(C(Nc2cccc(C)c2)C(=O)OC)s1. The zero-order valence-electron chi connectivity index (χ0n) is 12.0. The molecule has 0 amide bonds. The van der Waals surface area contributed by atoms with Crippen molar-refractivity contribution in [1.82, 2.24) is 0 Å². The average Bonchev–Trinajstić information content (AvgIpc) is 2.92. The molecule has 4 heteroatoms. The maximum Gasteiger partial charge on any atom is 0.333 e. The van der Waals surface area contributed by atoms with Gasteiger partial charge in [0.1, 0.15) is 0 Å². The molecule has 3 nitrogen and oxygen atoms in total. The maximum absolute atomic E-state index is 12.0. The lowest BCUT2D eigenvalue weighted by Crippen LogP contribution is -2.21. The fourth-order valence-electron chi connectivity index (χ4n) is 2.01. The highest BCUT2D eigenvalue weighted by molar-refractivity contribution is 7.12. The van der Waals surface area contributed by atoms with Crippen LogP contribution < -0.4 is 5.32 Å². The predicted molar refractivity (Wildman–Crippen MR) is 83.3 cm³/mol. The summed E-state index contributed by atoms with van der Waals surface area (Å²) in [6.45, 7) is 4.13. The van der Waals surface area contributed by atoms with Gasteiger partial charge in [0.15, 0.2) is 6.04 Å². The second kappa shape index (κ2) is 6.57. The fraction of sp³-hybridized carbons (Fsp3) is 0.312. The number of hydrogen-bond donors (Lipinski definition) is 1. The summed E-state index contributed by atoms with van der Waals surface area (Å²) >= 11 is 1.64. The molecule has 1 atom stereocenters. The van der Waals surface area contributed by atoms with E-state index in [9.17, 15) is 4.79 Å². The molecule has 0 saturated heterocycles. The lowest BCUT2D eigenvalue weighted by molar-refractivity contribution is -0.141. The molecule has 2 rings (SSSR count). The van der Waals surface area contributed by atoms with E-state index in [1.807, 2.05) is 37.3 Å². The van der Waals surface area contributed by atoms with Crippen LogP contribution in [0.3, 0.4) is 0 Å². The maximum atomic E-state index is 12.0. The molecule has 1 heterocycles. The molecule has 0 aliphatic carbocycles. The number of nitrogens with one attached hydrogen (secondary N) is 1. The Hall–Kier alpha value is -1.81. The topological polar surface area (TPSA) is 38.3 Å². The van der Waals surface area contributed by atoms with Crippen LogP contribution in [0.5, 0.6) is 0 Å². The summed E-state index contributed by atoms with van der Waals surface area (Å²) in [5.41, 5.74) is 2.07. The molecule has 0 aliphatic heterocycles. The third kappa shape index (κ3) is 3.39. The average molecular weight is 289 g/mol. The van der Waals surface area contributed by atoms with Gasteiger partial charge in [-0.05, 0) is 43.2 Å². The highest BCUT2D eigenvalue weighted by Crippen LogP contribution is 2.28. The van der Waals surface area contributed by atoms with E-state index in [0.717, 1.165) is 22.5 Å². The molecule has 106 valence electrons. The van der Waals surface area contributed by atoms with Crippen LogP contribution in [-0.4, -0.2) is 13.1 Å². The predicted octanol–water partition coefficient (Wildman–Crippen LogP) is 3.95. The molecule has 0 radical (unpaired) electrons. The number of methoxy groups -OCH3 is 1. The van der Waals surface area contributed by atoms with Gasteiger partial charge in [-0.1, -0.05) is 19.1 Å². The Morgan fingerprint density at radius 2 is 2.15 bits per heavy atom. The number of aryl methyl sites for hydroxylation is 2. The fourth-order valence-corrected chi connectivity index (χ4v) is 3.00. The third-order valence-electron chi connectivity index (χ3n) is 3.08. The first-order valence-electron chi connectivity index (χ1n) is 6.63. The van der Waals surface area contributed by atoms with Crippen molar-refractivity contribution in [3.63, 3.8) is 0 Å². The first kappa shape index (κ1) is 14.6. The summed E-state index contributed by atoms with van der Waals surface area (Å²) in [5, 5.41) is 3.26. The van der Waals surface area contributed by atoms with Gasteiger partial charge in [0.25, 0.3) is 0 Å². The number of benzene rings is 1. The van der Waals surface area contributed by atoms with Gasteiger partial charge in [-0.2, -0.15) is 0 Å². The molecular formula is C16H19NO2S. The number of hydrogen-bond acceptors (Lipinski definition) is 4. The second-order valence-electron chi connectivity index (χ2n) is 4.63. The molecule has 1 N–H and O–H groups in total. The Bertz CT molecular complexity index is 592. The number of esters is 1. The van der Waals surface area contributed by atoms with Crippen molar-refractivity contribution < 1.29 is 9.53 Å². The van der Waals surface area contributed by atoms with Crippen LogP contribution in [0.15, 0.2) is 36.4 Å². The summed E-state index contributed by atoms with van der Waals surface area (Å²) in [6, 6.07) is 11.6. The summed E-state index contributed by atoms with van der Waals surface area (Å²) in [5.74, 6) is -0.268. The van der Waals surface area contributed by atoms with E-state index in [0.29, 0.717) is 0 Å². The zero-order chi connectivity index (χ0) is 14.5. The highest BCUT2D eigenvalue weighted by atomic mass is 32.1. The molecule has 0 spiro atoms. The van der Waals surface area contributed by atoms with Crippen LogP contribution in [-0.2, 0) is 16.0 Å².